The van der Waals surface area contributed by atoms with Gasteiger partial charge in [0.1, 0.15) is 29.2 Å². The molecule has 19 heavy (non-hydrogen) atoms. The maximum atomic E-state index is 10.2. The van der Waals surface area contributed by atoms with E-state index in [1.165, 1.54) is 0 Å². The van der Waals surface area contributed by atoms with Gasteiger partial charge < -0.3 is 10.2 Å². The maximum Gasteiger partial charge on any atom is 0.150 e. The van der Waals surface area contributed by atoms with Gasteiger partial charge in [0.2, 0.25) is 0 Å². The highest BCUT2D eigenvalue weighted by Gasteiger charge is 2.30. The first-order chi connectivity index (χ1) is 9.04. The molecule has 96 valence electrons. The summed E-state index contributed by atoms with van der Waals surface area (Å²) >= 11 is 2.32. The van der Waals surface area contributed by atoms with Gasteiger partial charge in [-0.25, -0.2) is 0 Å². The van der Waals surface area contributed by atoms with Crippen molar-refractivity contribution in [3.63, 3.8) is 0 Å². The first-order valence-corrected chi connectivity index (χ1v) is 7.15. The molecule has 2 rings (SSSR count). The third-order valence-corrected chi connectivity index (χ3v) is 5.51. The fraction of sp³-hybridized carbons (Fsp3) is 0.231. The monoisotopic (exact) mass is 290 g/mol. The van der Waals surface area contributed by atoms with Crippen LogP contribution in [0.3, 0.4) is 0 Å². The molecule has 1 aliphatic heterocycles. The van der Waals surface area contributed by atoms with E-state index in [1.807, 2.05) is 19.1 Å². The number of rotatable bonds is 1. The largest absolute Gasteiger partial charge is 0.506 e. The molecule has 1 aromatic carbocycles. The third-order valence-electron chi connectivity index (χ3n) is 2.90. The second-order valence-corrected chi connectivity index (χ2v) is 6.20. The highest BCUT2D eigenvalue weighted by molar-refractivity contribution is 8.24. The Bertz CT molecular complexity index is 666. The van der Waals surface area contributed by atoms with Gasteiger partial charge in [-0.3, -0.25) is 0 Å². The van der Waals surface area contributed by atoms with Crippen LogP contribution in [0, 0.1) is 29.6 Å². The number of nitriles is 2. The summed E-state index contributed by atoms with van der Waals surface area (Å²) in [6, 6.07) is 3.65. The quantitative estimate of drug-likeness (QED) is 0.608. The highest BCUT2D eigenvalue weighted by Crippen LogP contribution is 2.60. The van der Waals surface area contributed by atoms with Crippen LogP contribution in [-0.4, -0.2) is 10.2 Å². The standard InChI is InChI=1S/C13H10N2O2S2/c1-3-8-6(2)9(16)11-12(10(8)17)19-13(18-11)7(4-14)5-15/h16-17H,3H2,1-2H3. The van der Waals surface area contributed by atoms with Crippen LogP contribution < -0.4 is 0 Å². The van der Waals surface area contributed by atoms with Gasteiger partial charge in [0.05, 0.1) is 14.0 Å². The normalized spacial score (nSPS) is 12.7. The second-order valence-electron chi connectivity index (χ2n) is 3.90. The van der Waals surface area contributed by atoms with Crippen LogP contribution in [-0.2, 0) is 6.42 Å². The SMILES string of the molecule is CCc1c(C)c(O)c2c(c1O)SC(=C(C#N)C#N)S2. The Balaban J connectivity index is 2.67. The zero-order chi connectivity index (χ0) is 14.2. The van der Waals surface area contributed by atoms with Crippen LogP contribution >= 0.6 is 23.5 Å². The number of fused-ring (bicyclic) bond motifs is 1. The molecule has 0 aliphatic carbocycles. The minimum Gasteiger partial charge on any atom is -0.506 e. The molecule has 1 heterocycles. The molecule has 0 aromatic heterocycles. The minimum absolute atomic E-state index is 0.000650. The summed E-state index contributed by atoms with van der Waals surface area (Å²) in [5, 5.41) is 38.1. The summed E-state index contributed by atoms with van der Waals surface area (Å²) < 4.78 is 0.498. The van der Waals surface area contributed by atoms with Crippen molar-refractivity contribution < 1.29 is 10.2 Å². The minimum atomic E-state index is 0.000650. The number of hydrogen-bond donors (Lipinski definition) is 2. The maximum absolute atomic E-state index is 10.2. The number of thioether (sulfide) groups is 2. The van der Waals surface area contributed by atoms with Crippen LogP contribution in [0.5, 0.6) is 11.5 Å². The van der Waals surface area contributed by atoms with Crippen LogP contribution in [0.1, 0.15) is 18.1 Å². The van der Waals surface area contributed by atoms with E-state index in [-0.39, 0.29) is 17.1 Å². The Morgan fingerprint density at radius 3 is 2.11 bits per heavy atom. The number of phenols is 2. The van der Waals surface area contributed by atoms with Crippen LogP contribution in [0.4, 0.5) is 0 Å². The van der Waals surface area contributed by atoms with E-state index < -0.39 is 0 Å². The van der Waals surface area contributed by atoms with Crippen molar-refractivity contribution in [3.05, 3.63) is 20.9 Å². The van der Waals surface area contributed by atoms with Gasteiger partial charge in [-0.2, -0.15) is 10.5 Å². The van der Waals surface area contributed by atoms with Gasteiger partial charge >= 0.3 is 0 Å². The Kier molecular flexibility index (Phi) is 3.66. The molecule has 0 saturated carbocycles. The molecule has 1 aliphatic rings. The first-order valence-electron chi connectivity index (χ1n) is 5.52. The topological polar surface area (TPSA) is 88.0 Å². The van der Waals surface area contributed by atoms with Gasteiger partial charge in [-0.15, -0.1) is 0 Å². The average Bonchev–Trinajstić information content (AvgIpc) is 2.84. The number of phenolic OH excluding ortho intramolecular Hbond substituents is 2. The molecule has 0 amide bonds. The predicted octanol–water partition coefficient (Wildman–Crippen LogP) is 3.43. The van der Waals surface area contributed by atoms with Gasteiger partial charge in [0.25, 0.3) is 0 Å². The zero-order valence-electron chi connectivity index (χ0n) is 10.3. The molecule has 0 atom stereocenters. The lowest BCUT2D eigenvalue weighted by molar-refractivity contribution is 0.427. The number of aromatic hydroxyl groups is 2. The van der Waals surface area contributed by atoms with Crippen molar-refractivity contribution in [2.45, 2.75) is 30.1 Å². The van der Waals surface area contributed by atoms with E-state index in [4.69, 9.17) is 10.5 Å². The molecule has 2 N–H and O–H groups in total. The molecule has 6 heteroatoms. The number of hydrogen-bond acceptors (Lipinski definition) is 6. The Hall–Kier alpha value is -1.76. The molecule has 0 radical (unpaired) electrons. The number of benzene rings is 1. The highest BCUT2D eigenvalue weighted by atomic mass is 32.2. The van der Waals surface area contributed by atoms with E-state index >= 15 is 0 Å². The lowest BCUT2D eigenvalue weighted by Crippen LogP contribution is -1.91. The summed E-state index contributed by atoms with van der Waals surface area (Å²) in [6.45, 7) is 3.64. The van der Waals surface area contributed by atoms with Crippen LogP contribution in [0.25, 0.3) is 0 Å². The molecular weight excluding hydrogens is 280 g/mol. The fourth-order valence-corrected chi connectivity index (χ4v) is 4.41. The van der Waals surface area contributed by atoms with Crippen molar-refractivity contribution in [2.75, 3.05) is 0 Å². The summed E-state index contributed by atoms with van der Waals surface area (Å²) in [7, 11) is 0. The zero-order valence-corrected chi connectivity index (χ0v) is 11.9. The smallest absolute Gasteiger partial charge is 0.150 e. The summed E-state index contributed by atoms with van der Waals surface area (Å²) in [4.78, 5) is 1.05. The van der Waals surface area contributed by atoms with Gasteiger partial charge in [0, 0.05) is 5.56 Å². The molecular formula is C13H10N2O2S2. The molecule has 0 fully saturated rings. The van der Waals surface area contributed by atoms with E-state index in [9.17, 15) is 10.2 Å². The van der Waals surface area contributed by atoms with Crippen LogP contribution in [0.2, 0.25) is 0 Å². The molecule has 4 nitrogen and oxygen atoms in total. The molecule has 0 saturated heterocycles. The summed E-state index contributed by atoms with van der Waals surface area (Å²) in [5.74, 6) is 0.253. The molecule has 0 bridgehead atoms. The lowest BCUT2D eigenvalue weighted by Gasteiger charge is -2.12. The Morgan fingerprint density at radius 2 is 1.63 bits per heavy atom. The fourth-order valence-electron chi connectivity index (χ4n) is 1.89. The van der Waals surface area contributed by atoms with Gasteiger partial charge in [-0.1, -0.05) is 30.4 Å². The van der Waals surface area contributed by atoms with E-state index in [2.05, 4.69) is 0 Å². The van der Waals surface area contributed by atoms with Crippen molar-refractivity contribution in [2.24, 2.45) is 0 Å². The number of nitrogens with zero attached hydrogens (tertiary/aromatic N) is 2. The van der Waals surface area contributed by atoms with Crippen molar-refractivity contribution in [1.82, 2.24) is 0 Å². The van der Waals surface area contributed by atoms with E-state index in [0.29, 0.717) is 31.6 Å². The summed E-state index contributed by atoms with van der Waals surface area (Å²) in [5.41, 5.74) is 1.34. The van der Waals surface area contributed by atoms with Gasteiger partial charge in [0.15, 0.2) is 0 Å². The molecule has 1 aromatic rings. The van der Waals surface area contributed by atoms with Crippen molar-refractivity contribution in [1.29, 1.82) is 10.5 Å². The van der Waals surface area contributed by atoms with Gasteiger partial charge in [-0.05, 0) is 18.9 Å². The van der Waals surface area contributed by atoms with E-state index in [0.717, 1.165) is 23.5 Å². The first kappa shape index (κ1) is 13.7. The third kappa shape index (κ3) is 2.03. The van der Waals surface area contributed by atoms with Crippen molar-refractivity contribution >= 4 is 23.5 Å². The van der Waals surface area contributed by atoms with Crippen molar-refractivity contribution in [3.8, 4) is 23.6 Å². The number of allylic oxidation sites excluding steroid dienone is 1. The molecule has 0 spiro atoms. The lowest BCUT2D eigenvalue weighted by atomic mass is 10.0. The van der Waals surface area contributed by atoms with E-state index in [1.54, 1.807) is 6.92 Å². The second kappa shape index (κ2) is 5.08. The average molecular weight is 290 g/mol. The summed E-state index contributed by atoms with van der Waals surface area (Å²) in [6.07, 6.45) is 0.603. The Labute approximate surface area is 119 Å². The molecule has 0 unspecified atom stereocenters. The predicted molar refractivity (Wildman–Crippen MR) is 73.9 cm³/mol. The van der Waals surface area contributed by atoms with Crippen LogP contribution in [0.15, 0.2) is 19.6 Å². The Morgan fingerprint density at radius 1 is 1.11 bits per heavy atom.